The van der Waals surface area contributed by atoms with Gasteiger partial charge >= 0.3 is 0 Å². The average Bonchev–Trinajstić information content (AvgIpc) is 3.32. The van der Waals surface area contributed by atoms with Crippen molar-refractivity contribution in [2.45, 2.75) is 44.7 Å². The van der Waals surface area contributed by atoms with E-state index in [1.54, 1.807) is 19.4 Å². The Hall–Kier alpha value is -3.26. The highest BCUT2D eigenvalue weighted by atomic mass is 32.1. The highest BCUT2D eigenvalue weighted by molar-refractivity contribution is 7.09. The van der Waals surface area contributed by atoms with Crippen LogP contribution in [0.2, 0.25) is 0 Å². The molecule has 0 saturated heterocycles. The van der Waals surface area contributed by atoms with Crippen LogP contribution in [-0.2, 0) is 6.54 Å². The van der Waals surface area contributed by atoms with Crippen molar-refractivity contribution in [3.8, 4) is 11.3 Å². The summed E-state index contributed by atoms with van der Waals surface area (Å²) >= 11 is 1.47. The second-order valence-electron chi connectivity index (χ2n) is 8.39. The fourth-order valence-electron chi connectivity index (χ4n) is 4.24. The first-order chi connectivity index (χ1) is 16.0. The first kappa shape index (κ1) is 22.9. The lowest BCUT2D eigenvalue weighted by Crippen LogP contribution is -2.35. The number of nitrogens with zero attached hydrogens (tertiary/aromatic N) is 3. The molecule has 0 radical (unpaired) electrons. The molecule has 1 N–H and O–H groups in total. The van der Waals surface area contributed by atoms with E-state index in [4.69, 9.17) is 0 Å². The molecule has 0 atom stereocenters. The minimum atomic E-state index is -0.539. The van der Waals surface area contributed by atoms with Gasteiger partial charge in [0.05, 0.1) is 12.2 Å². The summed E-state index contributed by atoms with van der Waals surface area (Å²) < 4.78 is 1.89. The van der Waals surface area contributed by atoms with Crippen LogP contribution >= 0.6 is 11.3 Å². The van der Waals surface area contributed by atoms with E-state index in [1.807, 2.05) is 40.3 Å². The Labute approximate surface area is 197 Å². The van der Waals surface area contributed by atoms with E-state index in [-0.39, 0.29) is 23.7 Å². The molecule has 7 nitrogen and oxygen atoms in total. The first-order valence-corrected chi connectivity index (χ1v) is 12.1. The number of hydrogen-bond donors (Lipinski definition) is 1. The lowest BCUT2D eigenvalue weighted by molar-refractivity contribution is 0.0782. The number of aromatic nitrogens is 2. The molecular formula is C25H28N4O3S. The Morgan fingerprint density at radius 1 is 1.12 bits per heavy atom. The van der Waals surface area contributed by atoms with Gasteiger partial charge in [0.1, 0.15) is 16.1 Å². The van der Waals surface area contributed by atoms with Crippen LogP contribution in [0, 0.1) is 0 Å². The predicted molar refractivity (Wildman–Crippen MR) is 130 cm³/mol. The first-order valence-electron chi connectivity index (χ1n) is 11.2. The van der Waals surface area contributed by atoms with Gasteiger partial charge in [0.15, 0.2) is 0 Å². The lowest BCUT2D eigenvalue weighted by atomic mass is 9.95. The van der Waals surface area contributed by atoms with Crippen LogP contribution in [0.3, 0.4) is 0 Å². The van der Waals surface area contributed by atoms with Crippen molar-refractivity contribution in [1.82, 2.24) is 19.8 Å². The van der Waals surface area contributed by atoms with E-state index in [1.165, 1.54) is 29.7 Å². The summed E-state index contributed by atoms with van der Waals surface area (Å²) in [7, 11) is 3.14. The van der Waals surface area contributed by atoms with Crippen molar-refractivity contribution in [2.24, 2.45) is 0 Å². The smallest absolute Gasteiger partial charge is 0.259 e. The van der Waals surface area contributed by atoms with Crippen molar-refractivity contribution in [1.29, 1.82) is 0 Å². The second kappa shape index (κ2) is 10.1. The van der Waals surface area contributed by atoms with Crippen LogP contribution in [-0.4, -0.2) is 40.4 Å². The molecule has 3 aromatic rings. The highest BCUT2D eigenvalue weighted by Gasteiger charge is 2.24. The number of nitrogens with one attached hydrogen (secondary N) is 1. The molecule has 8 heteroatoms. The normalized spacial score (nSPS) is 14.1. The van der Waals surface area contributed by atoms with Crippen LogP contribution < -0.4 is 10.7 Å². The highest BCUT2D eigenvalue weighted by Crippen LogP contribution is 2.28. The molecule has 1 saturated carbocycles. The fourth-order valence-corrected chi connectivity index (χ4v) is 5.10. The van der Waals surface area contributed by atoms with Crippen LogP contribution in [0.4, 0.5) is 0 Å². The van der Waals surface area contributed by atoms with Gasteiger partial charge in [-0.3, -0.25) is 14.4 Å². The zero-order chi connectivity index (χ0) is 23.4. The van der Waals surface area contributed by atoms with Gasteiger partial charge in [-0.2, -0.15) is 0 Å². The summed E-state index contributed by atoms with van der Waals surface area (Å²) in [6, 6.07) is 10.0. The third-order valence-corrected chi connectivity index (χ3v) is 6.92. The fraction of sp³-hybridized carbons (Fsp3) is 0.360. The Kier molecular flexibility index (Phi) is 7.03. The van der Waals surface area contributed by atoms with Gasteiger partial charge < -0.3 is 14.8 Å². The minimum absolute atomic E-state index is 0.00272. The molecule has 0 unspecified atom stereocenters. The molecule has 1 fully saturated rings. The number of carbonyl (C=O) groups is 2. The lowest BCUT2D eigenvalue weighted by Gasteiger charge is -2.26. The minimum Gasteiger partial charge on any atom is -0.355 e. The molecule has 0 aliphatic heterocycles. The van der Waals surface area contributed by atoms with Gasteiger partial charge in [-0.05, 0) is 12.8 Å². The molecular weight excluding hydrogens is 436 g/mol. The number of benzene rings is 1. The SMILES string of the molecule is CNC(=O)c1cn(C2CCCCC2)cc(C(=O)N(C)Cc2nc(-c3ccccc3)cs2)c1=O. The van der Waals surface area contributed by atoms with E-state index in [2.05, 4.69) is 10.3 Å². The van der Waals surface area contributed by atoms with Crippen molar-refractivity contribution in [3.63, 3.8) is 0 Å². The molecule has 2 heterocycles. The van der Waals surface area contributed by atoms with Crippen LogP contribution in [0.1, 0.15) is 63.9 Å². The number of amides is 2. The maximum atomic E-state index is 13.3. The molecule has 1 aliphatic rings. The molecule has 2 amide bonds. The van der Waals surface area contributed by atoms with E-state index in [0.717, 1.165) is 41.9 Å². The van der Waals surface area contributed by atoms with Gasteiger partial charge in [-0.1, -0.05) is 49.6 Å². The Balaban J connectivity index is 1.60. The van der Waals surface area contributed by atoms with Gasteiger partial charge in [-0.25, -0.2) is 4.98 Å². The number of carbonyl (C=O) groups excluding carboxylic acids is 2. The average molecular weight is 465 g/mol. The number of thiazole rings is 1. The Morgan fingerprint density at radius 2 is 1.82 bits per heavy atom. The molecule has 172 valence electrons. The zero-order valence-electron chi connectivity index (χ0n) is 18.9. The summed E-state index contributed by atoms with van der Waals surface area (Å²) in [4.78, 5) is 44.9. The second-order valence-corrected chi connectivity index (χ2v) is 9.33. The third kappa shape index (κ3) is 5.06. The molecule has 4 rings (SSSR count). The molecule has 33 heavy (non-hydrogen) atoms. The van der Waals surface area contributed by atoms with Crippen LogP contribution in [0.25, 0.3) is 11.3 Å². The topological polar surface area (TPSA) is 84.3 Å². The third-order valence-electron chi connectivity index (χ3n) is 6.08. The van der Waals surface area contributed by atoms with Gasteiger partial charge in [0.25, 0.3) is 11.8 Å². The number of rotatable bonds is 6. The van der Waals surface area contributed by atoms with Crippen molar-refractivity contribution < 1.29 is 9.59 Å². The quantitative estimate of drug-likeness (QED) is 0.595. The van der Waals surface area contributed by atoms with E-state index < -0.39 is 17.2 Å². The summed E-state index contributed by atoms with van der Waals surface area (Å²) in [5, 5.41) is 5.26. The largest absolute Gasteiger partial charge is 0.355 e. The molecule has 1 aliphatic carbocycles. The van der Waals surface area contributed by atoms with Crippen molar-refractivity contribution in [2.75, 3.05) is 14.1 Å². The Bertz CT molecular complexity index is 1200. The Morgan fingerprint density at radius 3 is 2.52 bits per heavy atom. The monoisotopic (exact) mass is 464 g/mol. The maximum absolute atomic E-state index is 13.3. The van der Waals surface area contributed by atoms with Gasteiger partial charge in [0, 0.05) is 43.5 Å². The summed E-state index contributed by atoms with van der Waals surface area (Å²) in [5.74, 6) is -0.888. The van der Waals surface area contributed by atoms with Crippen molar-refractivity contribution in [3.05, 3.63) is 74.5 Å². The van der Waals surface area contributed by atoms with Gasteiger partial charge in [-0.15, -0.1) is 11.3 Å². The van der Waals surface area contributed by atoms with E-state index in [9.17, 15) is 14.4 Å². The summed E-state index contributed by atoms with van der Waals surface area (Å²) in [5.41, 5.74) is 1.36. The summed E-state index contributed by atoms with van der Waals surface area (Å²) in [6.07, 6.45) is 8.56. The zero-order valence-corrected chi connectivity index (χ0v) is 19.7. The predicted octanol–water partition coefficient (Wildman–Crippen LogP) is 4.11. The van der Waals surface area contributed by atoms with E-state index in [0.29, 0.717) is 0 Å². The number of hydrogen-bond acceptors (Lipinski definition) is 5. The molecule has 0 bridgehead atoms. The molecule has 1 aromatic carbocycles. The summed E-state index contributed by atoms with van der Waals surface area (Å²) in [6.45, 7) is 0.281. The number of pyridine rings is 1. The van der Waals surface area contributed by atoms with Crippen LogP contribution in [0.5, 0.6) is 0 Å². The molecule has 2 aromatic heterocycles. The molecule has 0 spiro atoms. The van der Waals surface area contributed by atoms with Crippen molar-refractivity contribution >= 4 is 23.2 Å². The van der Waals surface area contributed by atoms with Gasteiger partial charge in [0.2, 0.25) is 5.43 Å². The van der Waals surface area contributed by atoms with Crippen LogP contribution in [0.15, 0.2) is 52.9 Å². The maximum Gasteiger partial charge on any atom is 0.259 e. The standard InChI is InChI=1S/C25H28N4O3S/c1-26-24(31)19-13-29(18-11-7-4-8-12-18)14-20(23(19)30)25(32)28(2)15-22-27-21(16-33-22)17-9-5-3-6-10-17/h3,5-6,9-10,13-14,16,18H,4,7-8,11-12,15H2,1-2H3,(H,26,31). The van der Waals surface area contributed by atoms with E-state index >= 15 is 0 Å².